The number of nitrogens with zero attached hydrogens (tertiary/aromatic N) is 2. The molecule has 1 N–H and O–H groups in total. The van der Waals surface area contributed by atoms with Gasteiger partial charge in [-0.1, -0.05) is 6.07 Å². The fourth-order valence-corrected chi connectivity index (χ4v) is 2.21. The van der Waals surface area contributed by atoms with Gasteiger partial charge in [-0.2, -0.15) is 0 Å². The van der Waals surface area contributed by atoms with Crippen LogP contribution < -0.4 is 0 Å². The summed E-state index contributed by atoms with van der Waals surface area (Å²) in [6.07, 6.45) is 1.63. The van der Waals surface area contributed by atoms with Gasteiger partial charge in [0.1, 0.15) is 0 Å². The highest BCUT2D eigenvalue weighted by Gasteiger charge is 2.29. The highest BCUT2D eigenvalue weighted by molar-refractivity contribution is 5.95. The van der Waals surface area contributed by atoms with E-state index in [0.29, 0.717) is 12.1 Å². The van der Waals surface area contributed by atoms with Crippen molar-refractivity contribution in [2.75, 3.05) is 13.2 Å². The number of hydrogen-bond donors (Lipinski definition) is 1. The summed E-state index contributed by atoms with van der Waals surface area (Å²) in [5, 5.41) is 19.8. The van der Waals surface area contributed by atoms with Gasteiger partial charge in [0, 0.05) is 24.2 Å². The van der Waals surface area contributed by atoms with E-state index in [4.69, 9.17) is 0 Å². The van der Waals surface area contributed by atoms with Crippen molar-refractivity contribution in [1.82, 2.24) is 4.90 Å². The predicted molar refractivity (Wildman–Crippen MR) is 64.2 cm³/mol. The average Bonchev–Trinajstić information content (AvgIpc) is 2.86. The van der Waals surface area contributed by atoms with Crippen LogP contribution in [0.1, 0.15) is 23.2 Å². The number of nitro benzene ring substituents is 1. The third kappa shape index (κ3) is 2.33. The number of carbonyl (C=O) groups is 1. The van der Waals surface area contributed by atoms with Crippen LogP contribution in [0.2, 0.25) is 0 Å². The lowest BCUT2D eigenvalue weighted by Gasteiger charge is -2.22. The lowest BCUT2D eigenvalue weighted by Crippen LogP contribution is -2.37. The van der Waals surface area contributed by atoms with Gasteiger partial charge in [-0.05, 0) is 18.9 Å². The van der Waals surface area contributed by atoms with E-state index < -0.39 is 4.92 Å². The SMILES string of the molecule is O=C(c1cccc([N+](=O)[O-])c1)N1CCCC1CO. The van der Waals surface area contributed by atoms with E-state index in [9.17, 15) is 20.0 Å². The van der Waals surface area contributed by atoms with Gasteiger partial charge in [0.2, 0.25) is 0 Å². The Bertz CT molecular complexity index is 475. The number of hydrogen-bond acceptors (Lipinski definition) is 4. The summed E-state index contributed by atoms with van der Waals surface area (Å²) in [4.78, 5) is 23.9. The molecule has 6 heteroatoms. The zero-order chi connectivity index (χ0) is 13.1. The lowest BCUT2D eigenvalue weighted by atomic mass is 10.1. The summed E-state index contributed by atoms with van der Waals surface area (Å²) in [6, 6.07) is 5.51. The lowest BCUT2D eigenvalue weighted by molar-refractivity contribution is -0.384. The standard InChI is InChI=1S/C12H14N2O4/c15-8-11-5-2-6-13(11)12(16)9-3-1-4-10(7-9)14(17)18/h1,3-4,7,11,15H,2,5-6,8H2. The highest BCUT2D eigenvalue weighted by Crippen LogP contribution is 2.21. The Morgan fingerprint density at radius 3 is 3.00 bits per heavy atom. The van der Waals surface area contributed by atoms with E-state index in [1.807, 2.05) is 0 Å². The maximum atomic E-state index is 12.2. The Morgan fingerprint density at radius 1 is 1.56 bits per heavy atom. The molecule has 0 bridgehead atoms. The van der Waals surface area contributed by atoms with Crippen LogP contribution in [0.25, 0.3) is 0 Å². The summed E-state index contributed by atoms with van der Waals surface area (Å²) in [5.41, 5.74) is 0.199. The summed E-state index contributed by atoms with van der Waals surface area (Å²) in [6.45, 7) is 0.521. The number of aliphatic hydroxyl groups is 1. The topological polar surface area (TPSA) is 83.7 Å². The van der Waals surface area contributed by atoms with Crippen molar-refractivity contribution in [2.45, 2.75) is 18.9 Å². The first-order valence-corrected chi connectivity index (χ1v) is 5.80. The van der Waals surface area contributed by atoms with Crippen LogP contribution in [0.15, 0.2) is 24.3 Å². The Labute approximate surface area is 104 Å². The molecule has 1 atom stereocenters. The molecule has 2 rings (SSSR count). The number of amides is 1. The van der Waals surface area contributed by atoms with E-state index in [1.165, 1.54) is 18.2 Å². The van der Waals surface area contributed by atoms with Crippen molar-refractivity contribution in [1.29, 1.82) is 0 Å². The van der Waals surface area contributed by atoms with Gasteiger partial charge < -0.3 is 10.0 Å². The van der Waals surface area contributed by atoms with Crippen molar-refractivity contribution in [3.05, 3.63) is 39.9 Å². The largest absolute Gasteiger partial charge is 0.394 e. The highest BCUT2D eigenvalue weighted by atomic mass is 16.6. The van der Waals surface area contributed by atoms with Gasteiger partial charge in [-0.25, -0.2) is 0 Å². The number of aliphatic hydroxyl groups excluding tert-OH is 1. The Balaban J connectivity index is 2.23. The van der Waals surface area contributed by atoms with Gasteiger partial charge >= 0.3 is 0 Å². The van der Waals surface area contributed by atoms with E-state index in [-0.39, 0.29) is 24.2 Å². The van der Waals surface area contributed by atoms with Gasteiger partial charge in [0.05, 0.1) is 17.6 Å². The van der Waals surface area contributed by atoms with E-state index in [0.717, 1.165) is 12.8 Å². The molecule has 1 fully saturated rings. The summed E-state index contributed by atoms with van der Waals surface area (Å²) in [7, 11) is 0. The Morgan fingerprint density at radius 2 is 2.33 bits per heavy atom. The minimum atomic E-state index is -0.524. The molecule has 0 spiro atoms. The first kappa shape index (κ1) is 12.5. The Hall–Kier alpha value is -1.95. The number of non-ortho nitro benzene ring substituents is 1. The number of benzene rings is 1. The minimum absolute atomic E-state index is 0.0688. The molecule has 1 aliphatic rings. The van der Waals surface area contributed by atoms with Crippen molar-refractivity contribution >= 4 is 11.6 Å². The monoisotopic (exact) mass is 250 g/mol. The van der Waals surface area contributed by atoms with Crippen molar-refractivity contribution < 1.29 is 14.8 Å². The van der Waals surface area contributed by atoms with Crippen LogP contribution in [0, 0.1) is 10.1 Å². The molecular formula is C12H14N2O4. The van der Waals surface area contributed by atoms with Crippen LogP contribution in [0.4, 0.5) is 5.69 Å². The second-order valence-corrected chi connectivity index (χ2v) is 4.28. The van der Waals surface area contributed by atoms with Crippen LogP contribution in [-0.2, 0) is 0 Å². The fraction of sp³-hybridized carbons (Fsp3) is 0.417. The molecule has 1 unspecified atom stereocenters. The molecule has 1 aromatic carbocycles. The molecule has 96 valence electrons. The molecule has 1 aliphatic heterocycles. The molecule has 1 heterocycles. The third-order valence-electron chi connectivity index (χ3n) is 3.15. The fourth-order valence-electron chi connectivity index (χ4n) is 2.21. The molecule has 0 saturated carbocycles. The number of likely N-dealkylation sites (tertiary alicyclic amines) is 1. The number of carbonyl (C=O) groups excluding carboxylic acids is 1. The molecule has 1 saturated heterocycles. The minimum Gasteiger partial charge on any atom is -0.394 e. The van der Waals surface area contributed by atoms with Crippen molar-refractivity contribution in [3.8, 4) is 0 Å². The van der Waals surface area contributed by atoms with Crippen LogP contribution in [0.3, 0.4) is 0 Å². The van der Waals surface area contributed by atoms with Gasteiger partial charge in [-0.3, -0.25) is 14.9 Å². The zero-order valence-corrected chi connectivity index (χ0v) is 9.78. The quantitative estimate of drug-likeness (QED) is 0.645. The van der Waals surface area contributed by atoms with Crippen molar-refractivity contribution in [2.24, 2.45) is 0 Å². The normalized spacial score (nSPS) is 18.9. The smallest absolute Gasteiger partial charge is 0.270 e. The van der Waals surface area contributed by atoms with Crippen LogP contribution >= 0.6 is 0 Å². The van der Waals surface area contributed by atoms with Gasteiger partial charge in [-0.15, -0.1) is 0 Å². The first-order valence-electron chi connectivity index (χ1n) is 5.80. The Kier molecular flexibility index (Phi) is 3.57. The van der Waals surface area contributed by atoms with Crippen molar-refractivity contribution in [3.63, 3.8) is 0 Å². The predicted octanol–water partition coefficient (Wildman–Crippen LogP) is 1.19. The first-order chi connectivity index (χ1) is 8.63. The van der Waals surface area contributed by atoms with Gasteiger partial charge in [0.15, 0.2) is 0 Å². The molecular weight excluding hydrogens is 236 g/mol. The summed E-state index contributed by atoms with van der Waals surface area (Å²) < 4.78 is 0. The second kappa shape index (κ2) is 5.14. The molecule has 6 nitrogen and oxygen atoms in total. The third-order valence-corrected chi connectivity index (χ3v) is 3.15. The van der Waals surface area contributed by atoms with Gasteiger partial charge in [0.25, 0.3) is 11.6 Å². The molecule has 0 aliphatic carbocycles. The molecule has 0 radical (unpaired) electrons. The molecule has 1 aromatic rings. The van der Waals surface area contributed by atoms with E-state index in [1.54, 1.807) is 11.0 Å². The molecule has 0 aromatic heterocycles. The maximum absolute atomic E-state index is 12.2. The molecule has 18 heavy (non-hydrogen) atoms. The number of nitro groups is 1. The van der Waals surface area contributed by atoms with E-state index >= 15 is 0 Å². The van der Waals surface area contributed by atoms with Crippen LogP contribution in [-0.4, -0.2) is 40.0 Å². The number of rotatable bonds is 3. The van der Waals surface area contributed by atoms with Crippen LogP contribution in [0.5, 0.6) is 0 Å². The summed E-state index contributed by atoms with van der Waals surface area (Å²) >= 11 is 0. The molecule has 1 amide bonds. The second-order valence-electron chi connectivity index (χ2n) is 4.28. The summed E-state index contributed by atoms with van der Waals surface area (Å²) in [5.74, 6) is -0.254. The van der Waals surface area contributed by atoms with E-state index in [2.05, 4.69) is 0 Å². The zero-order valence-electron chi connectivity index (χ0n) is 9.78. The maximum Gasteiger partial charge on any atom is 0.270 e. The average molecular weight is 250 g/mol.